The van der Waals surface area contributed by atoms with Crippen LogP contribution in [0.2, 0.25) is 10.0 Å². The Kier molecular flexibility index (Phi) is 12.5. The van der Waals surface area contributed by atoms with Crippen LogP contribution in [0.1, 0.15) is 88.8 Å². The third-order valence-corrected chi connectivity index (χ3v) is 9.30. The third-order valence-electron chi connectivity index (χ3n) is 8.83. The molecule has 0 saturated heterocycles. The lowest BCUT2D eigenvalue weighted by Gasteiger charge is -2.33. The van der Waals surface area contributed by atoms with Gasteiger partial charge in [0.15, 0.2) is 0 Å². The van der Waals surface area contributed by atoms with Gasteiger partial charge in [-0.3, -0.25) is 9.59 Å². The van der Waals surface area contributed by atoms with Crippen molar-refractivity contribution in [2.75, 3.05) is 0 Å². The molecule has 6 rings (SSSR count). The number of nitrogens with one attached hydrogen (secondary N) is 3. The number of halogens is 2. The molecule has 2 aliphatic carbocycles. The first-order chi connectivity index (χ1) is 24.0. The van der Waals surface area contributed by atoms with Gasteiger partial charge in [-0.2, -0.15) is 0 Å². The molecule has 1 aromatic heterocycles. The fraction of sp³-hybridized carbons (Fsp3) is 0.317. The van der Waals surface area contributed by atoms with Gasteiger partial charge in [0.05, 0.1) is 5.56 Å². The average molecular weight is 711 g/mol. The SMILES string of the molecule is Cc1ccc(C(=O)N[C@H]2CCC[C@@](O)(C#Cc3cccc(Cl)c3)C2)cc1.O=C(N[C@H]1CCC[C@@](O)(C#Cc2cccc(Cl)c2)C1)c1cc[nH]c1. The molecule has 2 amide bonds. The number of aromatic nitrogens is 1. The molecule has 0 spiro atoms. The summed E-state index contributed by atoms with van der Waals surface area (Å²) in [6, 6.07) is 23.5. The van der Waals surface area contributed by atoms with Gasteiger partial charge in [-0.15, -0.1) is 0 Å². The lowest BCUT2D eigenvalue weighted by atomic mass is 9.82. The number of amides is 2. The predicted molar refractivity (Wildman–Crippen MR) is 198 cm³/mol. The van der Waals surface area contributed by atoms with Gasteiger partial charge in [-0.1, -0.05) is 76.7 Å². The van der Waals surface area contributed by atoms with E-state index in [0.717, 1.165) is 42.4 Å². The summed E-state index contributed by atoms with van der Waals surface area (Å²) in [6.45, 7) is 1.99. The molecule has 2 aliphatic rings. The minimum atomic E-state index is -1.09. The average Bonchev–Trinajstić information content (AvgIpc) is 3.63. The number of hydrogen-bond donors (Lipinski definition) is 5. The summed E-state index contributed by atoms with van der Waals surface area (Å²) in [6.07, 6.45) is 8.77. The number of hydrogen-bond acceptors (Lipinski definition) is 4. The highest BCUT2D eigenvalue weighted by atomic mass is 35.5. The van der Waals surface area contributed by atoms with E-state index < -0.39 is 11.2 Å². The van der Waals surface area contributed by atoms with E-state index in [0.29, 0.717) is 46.9 Å². The zero-order chi connectivity index (χ0) is 35.6. The van der Waals surface area contributed by atoms with Gasteiger partial charge in [-0.05, 0) is 100 Å². The van der Waals surface area contributed by atoms with E-state index in [1.165, 1.54) is 0 Å². The molecule has 0 radical (unpaired) electrons. The molecule has 0 aliphatic heterocycles. The molecule has 2 fully saturated rings. The number of carbonyl (C=O) groups is 2. The molecular formula is C41H41Cl2N3O4. The maximum absolute atomic E-state index is 12.4. The zero-order valence-electron chi connectivity index (χ0n) is 27.9. The van der Waals surface area contributed by atoms with Crippen molar-refractivity contribution >= 4 is 35.0 Å². The Hall–Kier alpha value is -4.50. The van der Waals surface area contributed by atoms with E-state index in [2.05, 4.69) is 39.3 Å². The number of H-pyrrole nitrogens is 1. The molecule has 3 aromatic carbocycles. The van der Waals surface area contributed by atoms with Gasteiger partial charge < -0.3 is 25.8 Å². The summed E-state index contributed by atoms with van der Waals surface area (Å²) in [5.41, 5.74) is 1.71. The molecule has 4 aromatic rings. The molecule has 258 valence electrons. The first kappa shape index (κ1) is 36.8. The summed E-state index contributed by atoms with van der Waals surface area (Å²) >= 11 is 11.9. The Morgan fingerprint density at radius 3 is 1.70 bits per heavy atom. The van der Waals surface area contributed by atoms with Gasteiger partial charge in [-0.25, -0.2) is 0 Å². The fourth-order valence-corrected chi connectivity index (χ4v) is 6.58. The standard InChI is InChI=1S/C22H22ClNO2.C19H19ClN2O2/c1-16-7-9-18(10-8-16)21(25)24-20-6-3-12-22(26,15-20)13-11-17-4-2-5-19(23)14-17;20-16-4-1-3-14(11-16)6-9-19(24)8-2-5-17(12-19)22-18(23)15-7-10-21-13-15/h2,4-5,7-10,14,20,26H,3,6,12,15H2,1H3,(H,24,25);1,3-4,7,10-11,13,17,21,24H,2,5,8,12H2,(H,22,23)/t20-,22+;17-,19+/m00/s1. The van der Waals surface area contributed by atoms with E-state index >= 15 is 0 Å². The normalized spacial score (nSPS) is 22.7. The molecule has 50 heavy (non-hydrogen) atoms. The summed E-state index contributed by atoms with van der Waals surface area (Å²) in [5, 5.41) is 28.8. The van der Waals surface area contributed by atoms with Crippen LogP contribution in [0.15, 0.2) is 91.3 Å². The predicted octanol–water partition coefficient (Wildman–Crippen LogP) is 7.23. The molecule has 1 heterocycles. The van der Waals surface area contributed by atoms with Crippen LogP contribution < -0.4 is 10.6 Å². The van der Waals surface area contributed by atoms with Crippen molar-refractivity contribution in [3.05, 3.63) is 129 Å². The second kappa shape index (κ2) is 16.9. The second-order valence-electron chi connectivity index (χ2n) is 13.1. The summed E-state index contributed by atoms with van der Waals surface area (Å²) in [7, 11) is 0. The minimum absolute atomic E-state index is 0.0835. The summed E-state index contributed by atoms with van der Waals surface area (Å²) in [5.74, 6) is 11.7. The Balaban J connectivity index is 0.000000195. The topological polar surface area (TPSA) is 114 Å². The molecule has 5 N–H and O–H groups in total. The van der Waals surface area contributed by atoms with E-state index in [4.69, 9.17) is 23.2 Å². The molecule has 9 heteroatoms. The van der Waals surface area contributed by atoms with Gasteiger partial charge in [0.25, 0.3) is 11.8 Å². The molecule has 7 nitrogen and oxygen atoms in total. The lowest BCUT2D eigenvalue weighted by Crippen LogP contribution is -2.45. The van der Waals surface area contributed by atoms with Gasteiger partial charge in [0.1, 0.15) is 11.2 Å². The highest BCUT2D eigenvalue weighted by molar-refractivity contribution is 6.31. The molecule has 2 saturated carbocycles. The fourth-order valence-electron chi connectivity index (χ4n) is 6.20. The van der Waals surface area contributed by atoms with Crippen LogP contribution in [-0.2, 0) is 0 Å². The van der Waals surface area contributed by atoms with Crippen LogP contribution in [0.4, 0.5) is 0 Å². The highest BCUT2D eigenvalue weighted by Gasteiger charge is 2.34. The summed E-state index contributed by atoms with van der Waals surface area (Å²) in [4.78, 5) is 27.4. The van der Waals surface area contributed by atoms with Crippen molar-refractivity contribution in [1.29, 1.82) is 0 Å². The molecule has 4 atom stereocenters. The summed E-state index contributed by atoms with van der Waals surface area (Å²) < 4.78 is 0. The number of aromatic amines is 1. The third kappa shape index (κ3) is 11.0. The Morgan fingerprint density at radius 1 is 0.740 bits per heavy atom. The molecule has 0 unspecified atom stereocenters. The smallest absolute Gasteiger partial charge is 0.253 e. The van der Waals surface area contributed by atoms with Gasteiger partial charge in [0.2, 0.25) is 0 Å². The quantitative estimate of drug-likeness (QED) is 0.144. The highest BCUT2D eigenvalue weighted by Crippen LogP contribution is 2.29. The molecule has 0 bridgehead atoms. The van der Waals surface area contributed by atoms with E-state index in [1.54, 1.807) is 42.7 Å². The maximum atomic E-state index is 12.4. The van der Waals surface area contributed by atoms with Gasteiger partial charge >= 0.3 is 0 Å². The van der Waals surface area contributed by atoms with Crippen LogP contribution in [0.5, 0.6) is 0 Å². The van der Waals surface area contributed by atoms with Crippen molar-refractivity contribution in [3.8, 4) is 23.7 Å². The minimum Gasteiger partial charge on any atom is -0.378 e. The van der Waals surface area contributed by atoms with E-state index in [-0.39, 0.29) is 23.9 Å². The Labute approximate surface area is 303 Å². The largest absolute Gasteiger partial charge is 0.378 e. The maximum Gasteiger partial charge on any atom is 0.253 e. The first-order valence-corrected chi connectivity index (χ1v) is 17.6. The van der Waals surface area contributed by atoms with Crippen LogP contribution in [0.25, 0.3) is 0 Å². The van der Waals surface area contributed by atoms with E-state index in [1.807, 2.05) is 55.5 Å². The first-order valence-electron chi connectivity index (χ1n) is 16.8. The van der Waals surface area contributed by atoms with Crippen molar-refractivity contribution in [2.45, 2.75) is 81.6 Å². The van der Waals surface area contributed by atoms with Crippen LogP contribution >= 0.6 is 23.2 Å². The number of carbonyl (C=O) groups excluding carboxylic acids is 2. The lowest BCUT2D eigenvalue weighted by molar-refractivity contribution is 0.0443. The van der Waals surface area contributed by atoms with Crippen molar-refractivity contribution in [1.82, 2.24) is 15.6 Å². The number of rotatable bonds is 4. The number of aliphatic hydroxyl groups is 2. The van der Waals surface area contributed by atoms with Gasteiger partial charge in [0, 0.05) is 64.1 Å². The van der Waals surface area contributed by atoms with Crippen molar-refractivity contribution in [2.24, 2.45) is 0 Å². The molecular weight excluding hydrogens is 669 g/mol. The number of aryl methyl sites for hydroxylation is 1. The van der Waals surface area contributed by atoms with Crippen molar-refractivity contribution in [3.63, 3.8) is 0 Å². The van der Waals surface area contributed by atoms with Crippen molar-refractivity contribution < 1.29 is 19.8 Å². The van der Waals surface area contributed by atoms with Crippen LogP contribution in [0.3, 0.4) is 0 Å². The van der Waals surface area contributed by atoms with E-state index in [9.17, 15) is 19.8 Å². The Morgan fingerprint density at radius 2 is 1.24 bits per heavy atom. The van der Waals surface area contributed by atoms with Crippen LogP contribution in [-0.4, -0.2) is 50.3 Å². The second-order valence-corrected chi connectivity index (χ2v) is 14.0. The van der Waals surface area contributed by atoms with Crippen LogP contribution in [0, 0.1) is 30.6 Å². The number of benzene rings is 3. The Bertz CT molecular complexity index is 1910. The zero-order valence-corrected chi connectivity index (χ0v) is 29.5. The monoisotopic (exact) mass is 709 g/mol.